The molecule has 16 nitrogen and oxygen atoms in total. The molecule has 1 spiro atoms. The molecule has 3 aromatic carbocycles. The number of alkyl halides is 2. The molecule has 4 aliphatic rings. The fraction of sp³-hybridized carbons (Fsp3) is 0.434. The first-order valence-electron chi connectivity index (χ1n) is 24.7. The zero-order valence-corrected chi connectivity index (χ0v) is 41.4. The molecule has 2 aliphatic carbocycles. The van der Waals surface area contributed by atoms with E-state index in [0.29, 0.717) is 52.3 Å². The van der Waals surface area contributed by atoms with Gasteiger partial charge in [0.05, 0.1) is 51.9 Å². The maximum atomic E-state index is 16.4. The highest BCUT2D eigenvalue weighted by Crippen LogP contribution is 2.57. The average Bonchev–Trinajstić information content (AvgIpc) is 3.98. The van der Waals surface area contributed by atoms with Crippen molar-refractivity contribution in [3.05, 3.63) is 139 Å². The van der Waals surface area contributed by atoms with E-state index in [1.807, 2.05) is 30.5 Å². The van der Waals surface area contributed by atoms with Gasteiger partial charge in [0, 0.05) is 54.5 Å². The van der Waals surface area contributed by atoms with Gasteiger partial charge in [-0.3, -0.25) is 28.1 Å². The van der Waals surface area contributed by atoms with Crippen molar-refractivity contribution in [2.45, 2.75) is 115 Å². The zero-order valence-electron chi connectivity index (χ0n) is 41.4. The molecule has 3 fully saturated rings. The zero-order chi connectivity index (χ0) is 51.2. The van der Waals surface area contributed by atoms with Crippen LogP contribution in [0.5, 0.6) is 0 Å². The minimum Gasteiger partial charge on any atom is -0.376 e. The van der Waals surface area contributed by atoms with E-state index in [1.165, 1.54) is 38.5 Å². The lowest BCUT2D eigenvalue weighted by Crippen LogP contribution is -2.58. The summed E-state index contributed by atoms with van der Waals surface area (Å²) in [5, 5.41) is 14.7. The summed E-state index contributed by atoms with van der Waals surface area (Å²) in [6.07, 6.45) is 3.63. The Hall–Kier alpha value is -7.06. The number of amides is 1. The number of hydrogen-bond donors (Lipinski definition) is 1. The summed E-state index contributed by atoms with van der Waals surface area (Å²) in [7, 11) is 1.69. The number of nitrogens with zero attached hydrogens (tertiary/aromatic N) is 9. The largest absolute Gasteiger partial charge is 0.438 e. The van der Waals surface area contributed by atoms with Crippen LogP contribution in [-0.4, -0.2) is 92.1 Å². The number of hydrogen-bond acceptors (Lipinski definition) is 9. The first kappa shape index (κ1) is 47.0. The predicted molar refractivity (Wildman–Crippen MR) is 260 cm³/mol. The van der Waals surface area contributed by atoms with Crippen LogP contribution in [0.1, 0.15) is 116 Å². The van der Waals surface area contributed by atoms with Crippen LogP contribution in [0, 0.1) is 31.4 Å². The first-order chi connectivity index (χ1) is 34.8. The summed E-state index contributed by atoms with van der Waals surface area (Å²) in [6.45, 7) is 11.2. The summed E-state index contributed by atoms with van der Waals surface area (Å²) in [5.41, 5.74) is 1.82. The summed E-state index contributed by atoms with van der Waals surface area (Å²) in [6, 6.07) is 13.7. The van der Waals surface area contributed by atoms with Crippen LogP contribution in [0.3, 0.4) is 0 Å². The summed E-state index contributed by atoms with van der Waals surface area (Å²) in [5.74, 6) is -1.55. The average molecular weight is 1000 g/mol. The minimum absolute atomic E-state index is 0.0230. The van der Waals surface area contributed by atoms with Gasteiger partial charge in [-0.2, -0.15) is 10.2 Å². The Morgan fingerprint density at radius 3 is 2.36 bits per heavy atom. The second-order valence-corrected chi connectivity index (χ2v) is 21.4. The second kappa shape index (κ2) is 16.5. The third-order valence-corrected chi connectivity index (χ3v) is 16.2. The molecule has 380 valence electrons. The van der Waals surface area contributed by atoms with E-state index in [2.05, 4.69) is 41.2 Å². The number of ether oxygens (including phenoxy) is 2. The summed E-state index contributed by atoms with van der Waals surface area (Å²) >= 11 is 0. The van der Waals surface area contributed by atoms with E-state index in [-0.39, 0.29) is 65.4 Å². The Morgan fingerprint density at radius 1 is 0.945 bits per heavy atom. The molecular formula is C53H54F4N10O6. The Bertz CT molecular complexity index is 3660. The number of nitrogens with one attached hydrogen (secondary N) is 1. The number of aromatic amines is 1. The van der Waals surface area contributed by atoms with Crippen molar-refractivity contribution in [3.63, 3.8) is 0 Å². The van der Waals surface area contributed by atoms with Crippen LogP contribution >= 0.6 is 0 Å². The molecule has 20 heteroatoms. The van der Waals surface area contributed by atoms with E-state index in [1.54, 1.807) is 48.7 Å². The van der Waals surface area contributed by atoms with Crippen molar-refractivity contribution in [1.29, 1.82) is 0 Å². The smallest absolute Gasteiger partial charge is 0.376 e. The first-order valence-corrected chi connectivity index (χ1v) is 24.7. The third kappa shape index (κ3) is 7.21. The van der Waals surface area contributed by atoms with Crippen LogP contribution < -0.4 is 11.4 Å². The Labute approximate surface area is 415 Å². The number of benzene rings is 3. The minimum atomic E-state index is -2.70. The van der Waals surface area contributed by atoms with Gasteiger partial charge in [0.1, 0.15) is 29.5 Å². The quantitative estimate of drug-likeness (QED) is 0.132. The van der Waals surface area contributed by atoms with Crippen LogP contribution in [0.4, 0.5) is 17.6 Å². The molecule has 12 rings (SSSR count). The van der Waals surface area contributed by atoms with Crippen molar-refractivity contribution in [1.82, 2.24) is 48.3 Å². The molecule has 1 N–H and O–H groups in total. The van der Waals surface area contributed by atoms with Gasteiger partial charge >= 0.3 is 11.4 Å². The maximum absolute atomic E-state index is 16.4. The van der Waals surface area contributed by atoms with Crippen LogP contribution in [0.15, 0.2) is 81.2 Å². The maximum Gasteiger partial charge on any atom is 0.438 e. The second-order valence-electron chi connectivity index (χ2n) is 21.4. The van der Waals surface area contributed by atoms with E-state index in [4.69, 9.17) is 19.1 Å². The lowest BCUT2D eigenvalue weighted by atomic mass is 9.61. The van der Waals surface area contributed by atoms with Gasteiger partial charge in [0.15, 0.2) is 11.6 Å². The molecule has 0 unspecified atom stereocenters. The van der Waals surface area contributed by atoms with Gasteiger partial charge in [0.25, 0.3) is 12.3 Å². The number of carbonyl (C=O) groups is 1. The van der Waals surface area contributed by atoms with Crippen molar-refractivity contribution in [2.24, 2.45) is 13.0 Å². The van der Waals surface area contributed by atoms with E-state index in [0.717, 1.165) is 29.3 Å². The van der Waals surface area contributed by atoms with Crippen molar-refractivity contribution in [3.8, 4) is 17.2 Å². The number of carbonyl (C=O) groups excluding carboxylic acids is 1. The number of aromatic nitrogens is 9. The van der Waals surface area contributed by atoms with Gasteiger partial charge in [-0.15, -0.1) is 0 Å². The molecule has 2 saturated carbocycles. The number of aryl methyl sites for hydroxylation is 3. The van der Waals surface area contributed by atoms with Crippen molar-refractivity contribution >= 4 is 27.7 Å². The lowest BCUT2D eigenvalue weighted by molar-refractivity contribution is -0.0938. The summed E-state index contributed by atoms with van der Waals surface area (Å²) in [4.78, 5) is 48.3. The molecule has 8 aromatic rings. The van der Waals surface area contributed by atoms with Gasteiger partial charge in [-0.1, -0.05) is 18.1 Å². The van der Waals surface area contributed by atoms with E-state index < -0.39 is 59.2 Å². The van der Waals surface area contributed by atoms with Crippen molar-refractivity contribution < 1.29 is 36.4 Å². The van der Waals surface area contributed by atoms with Crippen LogP contribution in [-0.2, 0) is 27.5 Å². The fourth-order valence-corrected chi connectivity index (χ4v) is 12.5. The van der Waals surface area contributed by atoms with Crippen molar-refractivity contribution in [2.75, 3.05) is 19.8 Å². The highest BCUT2D eigenvalue weighted by atomic mass is 19.3. The molecule has 7 heterocycles. The van der Waals surface area contributed by atoms with Gasteiger partial charge in [-0.25, -0.2) is 31.8 Å². The van der Waals surface area contributed by atoms with Crippen LogP contribution in [0.25, 0.3) is 39.0 Å². The Morgan fingerprint density at radius 2 is 1.67 bits per heavy atom. The monoisotopic (exact) mass is 1000 g/mol. The molecule has 0 radical (unpaired) electrons. The van der Waals surface area contributed by atoms with Gasteiger partial charge in [-0.05, 0) is 138 Å². The molecule has 1 amide bonds. The number of fused-ring (bicyclic) bond motifs is 4. The number of halogens is 4. The normalized spacial score (nSPS) is 24.5. The van der Waals surface area contributed by atoms with E-state index >= 15 is 18.4 Å². The highest BCUT2D eigenvalue weighted by Gasteiger charge is 2.60. The molecule has 73 heavy (non-hydrogen) atoms. The third-order valence-electron chi connectivity index (χ3n) is 16.2. The molecule has 0 bridgehead atoms. The molecule has 1 saturated heterocycles. The SMILES string of the molecule is Cc1cc(-n2nc3c(c2-n2ccn(-c4ccc5c(cnn5C)c4F)c2=O)[C@H](C)N(C(=O)c2cc4cc([C@H]5CCOC(C)(C)C5)ccc4n2[C@@]2(c4noc(=O)[nH]4)C[C@@H]2C)CC32CC(OCC(F)F)C2)cc(C)c1F. The number of imidazole rings is 1. The van der Waals surface area contributed by atoms with E-state index in [9.17, 15) is 13.6 Å². The molecular weight excluding hydrogens is 949 g/mol. The molecule has 5 aromatic heterocycles. The number of rotatable bonds is 10. The number of H-pyrrole nitrogens is 1. The lowest BCUT2D eigenvalue weighted by Gasteiger charge is -2.53. The van der Waals surface area contributed by atoms with Gasteiger partial charge < -0.3 is 18.9 Å². The topological polar surface area (TPSA) is 165 Å². The molecule has 2 aliphatic heterocycles. The highest BCUT2D eigenvalue weighted by molar-refractivity contribution is 6.00. The fourth-order valence-electron chi connectivity index (χ4n) is 12.5. The summed E-state index contributed by atoms with van der Waals surface area (Å²) < 4.78 is 83.6. The Balaban J connectivity index is 1.06. The van der Waals surface area contributed by atoms with Gasteiger partial charge in [0.2, 0.25) is 0 Å². The predicted octanol–water partition coefficient (Wildman–Crippen LogP) is 8.58. The van der Waals surface area contributed by atoms with Crippen LogP contribution in [0.2, 0.25) is 0 Å². The standard InChI is InChI=1S/C53H54F4N10O6/c1-27-16-34(17-28(2)43(27)56)67-46(64-14-13-63(50(64)70)39-11-10-38-36(44(39)57)24-58-62(38)7)42-30(4)65(26-52(45(42)60-67)22-35(23-52)71-25-41(54)55)47(68)40-19-33-18-31(32-12-15-72-51(5,6)21-32)8-9-37(33)66(40)53(20-29(53)3)48-59-49(69)73-61-48/h8-11,13-14,16-19,24,29-30,32,35,41H,12,15,20-23,25-26H2,1-7H3,(H,59,61,69)/t29-,30-,32-,35?,52?,53-/m0/s1. The Kier molecular flexibility index (Phi) is 10.6. The molecule has 4 atom stereocenters.